The van der Waals surface area contributed by atoms with Gasteiger partial charge in [0.05, 0.1) is 6.04 Å². The highest BCUT2D eigenvalue weighted by Gasteiger charge is 2.10. The number of nitrogens with two attached hydrogens (primary N) is 1. The van der Waals surface area contributed by atoms with E-state index in [2.05, 4.69) is 0 Å². The molecule has 1 unspecified atom stereocenters. The highest BCUT2D eigenvalue weighted by Crippen LogP contribution is 2.30. The third kappa shape index (κ3) is 1.99. The van der Waals surface area contributed by atoms with Gasteiger partial charge in [0.2, 0.25) is 0 Å². The van der Waals surface area contributed by atoms with E-state index in [0.29, 0.717) is 0 Å². The highest BCUT2D eigenvalue weighted by molar-refractivity contribution is 6.31. The molecule has 2 nitrogen and oxygen atoms in total. The van der Waals surface area contributed by atoms with E-state index in [1.807, 2.05) is 44.2 Å². The third-order valence-electron chi connectivity index (χ3n) is 2.61. The number of benzene rings is 1. The molecular weight excluding hydrogens is 222 g/mol. The lowest BCUT2D eigenvalue weighted by Gasteiger charge is -2.05. The minimum absolute atomic E-state index is 0.0896. The summed E-state index contributed by atoms with van der Waals surface area (Å²) in [5, 5.41) is 0.747. The molecule has 0 spiro atoms. The van der Waals surface area contributed by atoms with E-state index in [1.54, 1.807) is 0 Å². The molecule has 0 bridgehead atoms. The molecule has 2 N–H and O–H groups in total. The summed E-state index contributed by atoms with van der Waals surface area (Å²) in [5.41, 5.74) is 7.79. The maximum Gasteiger partial charge on any atom is 0.134 e. The van der Waals surface area contributed by atoms with Crippen LogP contribution in [0.4, 0.5) is 0 Å². The molecule has 16 heavy (non-hydrogen) atoms. The van der Waals surface area contributed by atoms with Crippen molar-refractivity contribution in [3.8, 4) is 11.3 Å². The lowest BCUT2D eigenvalue weighted by atomic mass is 10.1. The summed E-state index contributed by atoms with van der Waals surface area (Å²) in [6.07, 6.45) is 0. The van der Waals surface area contributed by atoms with Crippen LogP contribution in [0.3, 0.4) is 0 Å². The SMILES string of the molecule is Cc1c(Cl)cccc1-c1ccc(C(C)N)o1. The first-order chi connectivity index (χ1) is 7.59. The van der Waals surface area contributed by atoms with Gasteiger partial charge in [0.25, 0.3) is 0 Å². The predicted molar refractivity (Wildman–Crippen MR) is 66.5 cm³/mol. The van der Waals surface area contributed by atoms with Gasteiger partial charge in [0, 0.05) is 10.6 Å². The minimum Gasteiger partial charge on any atom is -0.459 e. The molecule has 0 amide bonds. The number of hydrogen-bond donors (Lipinski definition) is 1. The first-order valence-electron chi connectivity index (χ1n) is 5.20. The Hall–Kier alpha value is -1.25. The summed E-state index contributed by atoms with van der Waals surface area (Å²) >= 11 is 6.07. The molecule has 1 aromatic carbocycles. The fraction of sp³-hybridized carbons (Fsp3) is 0.231. The zero-order valence-electron chi connectivity index (χ0n) is 9.33. The Morgan fingerprint density at radius 1 is 1.25 bits per heavy atom. The molecule has 3 heteroatoms. The van der Waals surface area contributed by atoms with Crippen molar-refractivity contribution < 1.29 is 4.42 Å². The maximum atomic E-state index is 6.07. The van der Waals surface area contributed by atoms with Crippen LogP contribution in [0.15, 0.2) is 34.7 Å². The van der Waals surface area contributed by atoms with Crippen LogP contribution in [0.25, 0.3) is 11.3 Å². The Balaban J connectivity index is 2.47. The largest absolute Gasteiger partial charge is 0.459 e. The van der Waals surface area contributed by atoms with Crippen LogP contribution in [0.2, 0.25) is 5.02 Å². The molecule has 0 saturated heterocycles. The number of rotatable bonds is 2. The van der Waals surface area contributed by atoms with Crippen molar-refractivity contribution in [2.45, 2.75) is 19.9 Å². The van der Waals surface area contributed by atoms with Crippen LogP contribution in [-0.2, 0) is 0 Å². The van der Waals surface area contributed by atoms with Gasteiger partial charge >= 0.3 is 0 Å². The first-order valence-corrected chi connectivity index (χ1v) is 5.58. The summed E-state index contributed by atoms with van der Waals surface area (Å²) in [5.74, 6) is 1.60. The third-order valence-corrected chi connectivity index (χ3v) is 3.02. The van der Waals surface area contributed by atoms with E-state index in [4.69, 9.17) is 21.8 Å². The minimum atomic E-state index is -0.0896. The summed E-state index contributed by atoms with van der Waals surface area (Å²) in [7, 11) is 0. The van der Waals surface area contributed by atoms with Gasteiger partial charge < -0.3 is 10.2 Å². The van der Waals surface area contributed by atoms with Crippen molar-refractivity contribution in [2.24, 2.45) is 5.73 Å². The molecule has 0 saturated carbocycles. The lowest BCUT2D eigenvalue weighted by Crippen LogP contribution is -2.02. The van der Waals surface area contributed by atoms with Gasteiger partial charge in [-0.15, -0.1) is 0 Å². The second-order valence-corrected chi connectivity index (χ2v) is 4.31. The van der Waals surface area contributed by atoms with Crippen LogP contribution < -0.4 is 5.73 Å². The monoisotopic (exact) mass is 235 g/mol. The Bertz CT molecular complexity index is 502. The summed E-state index contributed by atoms with van der Waals surface area (Å²) in [6, 6.07) is 9.52. The van der Waals surface area contributed by atoms with E-state index < -0.39 is 0 Å². The maximum absolute atomic E-state index is 6.07. The van der Waals surface area contributed by atoms with Gasteiger partial charge in [0.1, 0.15) is 11.5 Å². The zero-order valence-corrected chi connectivity index (χ0v) is 10.1. The molecule has 1 heterocycles. The normalized spacial score (nSPS) is 12.8. The van der Waals surface area contributed by atoms with Crippen LogP contribution in [0.1, 0.15) is 24.3 Å². The molecule has 1 aromatic heterocycles. The van der Waals surface area contributed by atoms with E-state index in [-0.39, 0.29) is 6.04 Å². The standard InChI is InChI=1S/C13H14ClNO/c1-8-10(4-3-5-11(8)14)13-7-6-12(16-13)9(2)15/h3-7,9H,15H2,1-2H3. The van der Waals surface area contributed by atoms with E-state index in [1.165, 1.54) is 0 Å². The molecule has 84 valence electrons. The van der Waals surface area contributed by atoms with Crippen molar-refractivity contribution in [1.29, 1.82) is 0 Å². The van der Waals surface area contributed by atoms with Gasteiger partial charge in [-0.1, -0.05) is 23.7 Å². The lowest BCUT2D eigenvalue weighted by molar-refractivity contribution is 0.491. The molecule has 2 aromatic rings. The molecule has 0 aliphatic rings. The van der Waals surface area contributed by atoms with Crippen LogP contribution in [-0.4, -0.2) is 0 Å². The average molecular weight is 236 g/mol. The second kappa shape index (κ2) is 4.32. The Morgan fingerprint density at radius 2 is 2.00 bits per heavy atom. The van der Waals surface area contributed by atoms with Crippen molar-refractivity contribution >= 4 is 11.6 Å². The number of furan rings is 1. The van der Waals surface area contributed by atoms with E-state index in [9.17, 15) is 0 Å². The van der Waals surface area contributed by atoms with Gasteiger partial charge in [0.15, 0.2) is 0 Å². The summed E-state index contributed by atoms with van der Waals surface area (Å²) < 4.78 is 5.68. The topological polar surface area (TPSA) is 39.2 Å². The molecular formula is C13H14ClNO. The van der Waals surface area contributed by atoms with Crippen LogP contribution in [0.5, 0.6) is 0 Å². The Morgan fingerprint density at radius 3 is 2.62 bits per heavy atom. The average Bonchev–Trinajstić information content (AvgIpc) is 2.71. The van der Waals surface area contributed by atoms with Crippen molar-refractivity contribution in [2.75, 3.05) is 0 Å². The van der Waals surface area contributed by atoms with Crippen molar-refractivity contribution in [3.05, 3.63) is 46.7 Å². The van der Waals surface area contributed by atoms with E-state index in [0.717, 1.165) is 27.7 Å². The van der Waals surface area contributed by atoms with Gasteiger partial charge in [-0.05, 0) is 37.6 Å². The molecule has 0 fully saturated rings. The summed E-state index contributed by atoms with van der Waals surface area (Å²) in [4.78, 5) is 0. The van der Waals surface area contributed by atoms with Crippen molar-refractivity contribution in [1.82, 2.24) is 0 Å². The number of halogens is 1. The zero-order chi connectivity index (χ0) is 11.7. The molecule has 1 atom stereocenters. The van der Waals surface area contributed by atoms with Crippen LogP contribution >= 0.6 is 11.6 Å². The van der Waals surface area contributed by atoms with Gasteiger partial charge in [-0.2, -0.15) is 0 Å². The first kappa shape index (κ1) is 11.2. The van der Waals surface area contributed by atoms with Gasteiger partial charge in [-0.3, -0.25) is 0 Å². The Labute approximate surface area is 100 Å². The highest BCUT2D eigenvalue weighted by atomic mass is 35.5. The fourth-order valence-electron chi connectivity index (χ4n) is 1.62. The predicted octanol–water partition coefficient (Wildman–Crippen LogP) is 3.93. The molecule has 0 radical (unpaired) electrons. The van der Waals surface area contributed by atoms with Crippen molar-refractivity contribution in [3.63, 3.8) is 0 Å². The smallest absolute Gasteiger partial charge is 0.134 e. The van der Waals surface area contributed by atoms with E-state index >= 15 is 0 Å². The fourth-order valence-corrected chi connectivity index (χ4v) is 1.79. The quantitative estimate of drug-likeness (QED) is 0.857. The van der Waals surface area contributed by atoms with Crippen LogP contribution in [0, 0.1) is 6.92 Å². The molecule has 0 aliphatic carbocycles. The van der Waals surface area contributed by atoms with Gasteiger partial charge in [-0.25, -0.2) is 0 Å². The Kier molecular flexibility index (Phi) is 3.03. The summed E-state index contributed by atoms with van der Waals surface area (Å²) in [6.45, 7) is 3.87. The second-order valence-electron chi connectivity index (χ2n) is 3.90. The molecule has 2 rings (SSSR count). The number of hydrogen-bond acceptors (Lipinski definition) is 2. The molecule has 0 aliphatic heterocycles.